The third-order valence-corrected chi connectivity index (χ3v) is 2.57. The van der Waals surface area contributed by atoms with Gasteiger partial charge < -0.3 is 10.1 Å². The van der Waals surface area contributed by atoms with Crippen molar-refractivity contribution in [1.29, 1.82) is 0 Å². The van der Waals surface area contributed by atoms with Gasteiger partial charge in [-0.25, -0.2) is 19.7 Å². The number of pyridine rings is 1. The highest BCUT2D eigenvalue weighted by atomic mass is 16.5. The van der Waals surface area contributed by atoms with Crippen LogP contribution >= 0.6 is 0 Å². The minimum Gasteiger partial charge on any atom is -0.467 e. The Hall–Kier alpha value is -2.70. The summed E-state index contributed by atoms with van der Waals surface area (Å²) in [5, 5.41) is 5.38. The normalized spacial score (nSPS) is 10.3. The van der Waals surface area contributed by atoms with Crippen LogP contribution in [0.25, 0.3) is 11.1 Å². The summed E-state index contributed by atoms with van der Waals surface area (Å²) in [5.74, 6) is 0.478. The highest BCUT2D eigenvalue weighted by molar-refractivity contribution is 5.88. The van der Waals surface area contributed by atoms with Crippen molar-refractivity contribution < 1.29 is 9.53 Å². The van der Waals surface area contributed by atoms with Crippen molar-refractivity contribution in [1.82, 2.24) is 20.3 Å². The molecule has 0 radical (unpaired) electrons. The molecule has 0 aliphatic carbocycles. The molecule has 2 N–H and O–H groups in total. The van der Waals surface area contributed by atoms with Crippen molar-refractivity contribution in [3.8, 4) is 17.1 Å². The first-order valence-corrected chi connectivity index (χ1v) is 6.48. The summed E-state index contributed by atoms with van der Waals surface area (Å²) in [6, 6.07) is 3.66. The summed E-state index contributed by atoms with van der Waals surface area (Å²) in [4.78, 5) is 23.8. The second kappa shape index (κ2) is 6.65. The minimum absolute atomic E-state index is 0.0701. The van der Waals surface area contributed by atoms with Crippen molar-refractivity contribution in [2.24, 2.45) is 0 Å². The van der Waals surface area contributed by atoms with Gasteiger partial charge in [-0.05, 0) is 26.0 Å². The maximum Gasteiger partial charge on any atom is 0.320 e. The molecule has 2 heterocycles. The lowest BCUT2D eigenvalue weighted by atomic mass is 10.1. The summed E-state index contributed by atoms with van der Waals surface area (Å²) in [5.41, 5.74) is 1.67. The topological polar surface area (TPSA) is 89.0 Å². The van der Waals surface area contributed by atoms with E-state index >= 15 is 0 Å². The zero-order valence-corrected chi connectivity index (χ0v) is 12.1. The molecule has 0 aromatic carbocycles. The number of ether oxygens (including phenoxy) is 1. The summed E-state index contributed by atoms with van der Waals surface area (Å²) in [6.07, 6.45) is 4.96. The van der Waals surface area contributed by atoms with Crippen LogP contribution in [0.5, 0.6) is 6.01 Å². The first-order chi connectivity index (χ1) is 10.1. The lowest BCUT2D eigenvalue weighted by molar-refractivity contribution is 0.250. The molecule has 0 saturated carbocycles. The Morgan fingerprint density at radius 1 is 1.10 bits per heavy atom. The van der Waals surface area contributed by atoms with Gasteiger partial charge in [-0.3, -0.25) is 5.32 Å². The molecular formula is C14H17N5O2. The molecule has 2 aromatic heterocycles. The van der Waals surface area contributed by atoms with Gasteiger partial charge in [-0.1, -0.05) is 0 Å². The maximum absolute atomic E-state index is 11.6. The molecule has 0 bridgehead atoms. The predicted octanol–water partition coefficient (Wildman–Crippen LogP) is 2.08. The summed E-state index contributed by atoms with van der Waals surface area (Å²) in [7, 11) is 1.51. The highest BCUT2D eigenvalue weighted by Gasteiger charge is 2.05. The number of amides is 2. The SMILES string of the molecule is COc1ncc(-c2ccc(NC(=O)NC(C)C)nc2)cn1. The number of hydrogen-bond acceptors (Lipinski definition) is 5. The maximum atomic E-state index is 11.6. The van der Waals surface area contributed by atoms with Crippen molar-refractivity contribution in [3.63, 3.8) is 0 Å². The molecule has 0 aliphatic rings. The number of methoxy groups -OCH3 is 1. The zero-order chi connectivity index (χ0) is 15.2. The summed E-state index contributed by atoms with van der Waals surface area (Å²) in [6.45, 7) is 3.78. The van der Waals surface area contributed by atoms with Crippen molar-refractivity contribution in [2.45, 2.75) is 19.9 Å². The van der Waals surface area contributed by atoms with E-state index in [9.17, 15) is 4.79 Å². The number of hydrogen-bond donors (Lipinski definition) is 2. The molecule has 7 heteroatoms. The number of nitrogens with zero attached hydrogens (tertiary/aromatic N) is 3. The van der Waals surface area contributed by atoms with Gasteiger partial charge in [-0.15, -0.1) is 0 Å². The Bertz CT molecular complexity index is 596. The quantitative estimate of drug-likeness (QED) is 0.898. The Balaban J connectivity index is 2.05. The highest BCUT2D eigenvalue weighted by Crippen LogP contribution is 2.18. The predicted molar refractivity (Wildman–Crippen MR) is 79.1 cm³/mol. The average Bonchev–Trinajstić information content (AvgIpc) is 2.47. The molecule has 7 nitrogen and oxygen atoms in total. The van der Waals surface area contributed by atoms with E-state index < -0.39 is 0 Å². The van der Waals surface area contributed by atoms with Gasteiger partial charge in [-0.2, -0.15) is 0 Å². The number of rotatable bonds is 4. The first-order valence-electron chi connectivity index (χ1n) is 6.48. The van der Waals surface area contributed by atoms with Gasteiger partial charge >= 0.3 is 12.0 Å². The average molecular weight is 287 g/mol. The van der Waals surface area contributed by atoms with Crippen LogP contribution in [0.1, 0.15) is 13.8 Å². The number of carbonyl (C=O) groups is 1. The third-order valence-electron chi connectivity index (χ3n) is 2.57. The number of carbonyl (C=O) groups excluding carboxylic acids is 1. The standard InChI is InChI=1S/C14H17N5O2/c1-9(2)18-13(20)19-12-5-4-10(6-15-12)11-7-16-14(21-3)17-8-11/h4-9H,1-3H3,(H2,15,18,19,20). The lowest BCUT2D eigenvalue weighted by Crippen LogP contribution is -2.34. The van der Waals surface area contributed by atoms with E-state index in [1.54, 1.807) is 24.7 Å². The second-order valence-corrected chi connectivity index (χ2v) is 4.64. The number of nitrogens with one attached hydrogen (secondary N) is 2. The largest absolute Gasteiger partial charge is 0.467 e. The molecule has 2 amide bonds. The van der Waals surface area contributed by atoms with E-state index in [1.807, 2.05) is 19.9 Å². The van der Waals surface area contributed by atoms with E-state index in [-0.39, 0.29) is 12.1 Å². The van der Waals surface area contributed by atoms with Gasteiger partial charge in [0.05, 0.1) is 7.11 Å². The van der Waals surface area contributed by atoms with Gasteiger partial charge in [0, 0.05) is 35.8 Å². The van der Waals surface area contributed by atoms with E-state index in [2.05, 4.69) is 25.6 Å². The molecule has 0 atom stereocenters. The van der Waals surface area contributed by atoms with Crippen LogP contribution in [0.4, 0.5) is 10.6 Å². The van der Waals surface area contributed by atoms with E-state index in [0.717, 1.165) is 11.1 Å². The molecule has 0 unspecified atom stereocenters. The van der Waals surface area contributed by atoms with Gasteiger partial charge in [0.15, 0.2) is 0 Å². The fourth-order valence-electron chi connectivity index (χ4n) is 1.62. The van der Waals surface area contributed by atoms with Crippen LogP contribution < -0.4 is 15.4 Å². The number of urea groups is 1. The third kappa shape index (κ3) is 4.13. The molecule has 0 fully saturated rings. The molecule has 110 valence electrons. The second-order valence-electron chi connectivity index (χ2n) is 4.64. The van der Waals surface area contributed by atoms with Crippen LogP contribution in [0, 0.1) is 0 Å². The van der Waals surface area contributed by atoms with E-state index in [4.69, 9.17) is 4.74 Å². The molecule has 0 saturated heterocycles. The van der Waals surface area contributed by atoms with E-state index in [0.29, 0.717) is 11.8 Å². The Morgan fingerprint density at radius 3 is 2.29 bits per heavy atom. The van der Waals surface area contributed by atoms with Gasteiger partial charge in [0.1, 0.15) is 5.82 Å². The molecule has 0 aliphatic heterocycles. The smallest absolute Gasteiger partial charge is 0.320 e. The van der Waals surface area contributed by atoms with Crippen LogP contribution in [0.2, 0.25) is 0 Å². The molecule has 0 spiro atoms. The van der Waals surface area contributed by atoms with Crippen LogP contribution in [-0.2, 0) is 0 Å². The minimum atomic E-state index is -0.280. The van der Waals surface area contributed by atoms with Crippen LogP contribution in [-0.4, -0.2) is 34.1 Å². The Labute approximate surface area is 122 Å². The molecular weight excluding hydrogens is 270 g/mol. The van der Waals surface area contributed by atoms with E-state index in [1.165, 1.54) is 7.11 Å². The monoisotopic (exact) mass is 287 g/mol. The zero-order valence-electron chi connectivity index (χ0n) is 12.1. The summed E-state index contributed by atoms with van der Waals surface area (Å²) >= 11 is 0. The van der Waals surface area contributed by atoms with Crippen molar-refractivity contribution >= 4 is 11.8 Å². The van der Waals surface area contributed by atoms with Crippen LogP contribution in [0.3, 0.4) is 0 Å². The lowest BCUT2D eigenvalue weighted by Gasteiger charge is -2.09. The van der Waals surface area contributed by atoms with Gasteiger partial charge in [0.25, 0.3) is 0 Å². The fourth-order valence-corrected chi connectivity index (χ4v) is 1.62. The Kier molecular flexibility index (Phi) is 4.65. The number of aromatic nitrogens is 3. The summed E-state index contributed by atoms with van der Waals surface area (Å²) < 4.78 is 4.91. The molecule has 21 heavy (non-hydrogen) atoms. The fraction of sp³-hybridized carbons (Fsp3) is 0.286. The molecule has 2 aromatic rings. The Morgan fingerprint density at radius 2 is 1.76 bits per heavy atom. The first kappa shape index (κ1) is 14.7. The van der Waals surface area contributed by atoms with Crippen molar-refractivity contribution in [2.75, 3.05) is 12.4 Å². The van der Waals surface area contributed by atoms with Gasteiger partial charge in [0.2, 0.25) is 0 Å². The van der Waals surface area contributed by atoms with Crippen LogP contribution in [0.15, 0.2) is 30.7 Å². The van der Waals surface area contributed by atoms with Crippen molar-refractivity contribution in [3.05, 3.63) is 30.7 Å². The number of anilines is 1. The molecule has 2 rings (SSSR count).